The van der Waals surface area contributed by atoms with E-state index in [0.717, 1.165) is 49.7 Å². The molecule has 5 nitrogen and oxygen atoms in total. The fraction of sp³-hybridized carbons (Fsp3) is 0.692. The van der Waals surface area contributed by atoms with Gasteiger partial charge in [0.15, 0.2) is 0 Å². The highest BCUT2D eigenvalue weighted by Gasteiger charge is 2.20. The van der Waals surface area contributed by atoms with Gasteiger partial charge in [0, 0.05) is 43.7 Å². The molecular formula is C13H22N4O. The van der Waals surface area contributed by atoms with Crippen LogP contribution in [-0.2, 0) is 11.3 Å². The summed E-state index contributed by atoms with van der Waals surface area (Å²) in [6.07, 6.45) is 4.45. The van der Waals surface area contributed by atoms with E-state index >= 15 is 0 Å². The lowest BCUT2D eigenvalue weighted by Gasteiger charge is -2.24. The third-order valence-electron chi connectivity index (χ3n) is 3.40. The molecule has 2 N–H and O–H groups in total. The Hall–Kier alpha value is -1.20. The van der Waals surface area contributed by atoms with Gasteiger partial charge < -0.3 is 15.4 Å². The Morgan fingerprint density at radius 3 is 2.94 bits per heavy atom. The predicted octanol–water partition coefficient (Wildman–Crippen LogP) is 1.25. The maximum Gasteiger partial charge on any atom is 0.225 e. The van der Waals surface area contributed by atoms with Gasteiger partial charge in [-0.05, 0) is 26.7 Å². The normalized spacial score (nSPS) is 19.2. The van der Waals surface area contributed by atoms with Crippen molar-refractivity contribution in [1.29, 1.82) is 0 Å². The van der Waals surface area contributed by atoms with Crippen LogP contribution in [0.2, 0.25) is 0 Å². The Morgan fingerprint density at radius 1 is 1.56 bits per heavy atom. The van der Waals surface area contributed by atoms with Crippen molar-refractivity contribution in [3.8, 4) is 0 Å². The SMILES string of the molecule is CCN(CC1CCCO1)c1ncc(CN)c(C)n1. The summed E-state index contributed by atoms with van der Waals surface area (Å²) in [5.41, 5.74) is 7.60. The van der Waals surface area contributed by atoms with Crippen molar-refractivity contribution in [2.75, 3.05) is 24.6 Å². The predicted molar refractivity (Wildman–Crippen MR) is 71.5 cm³/mol. The van der Waals surface area contributed by atoms with Crippen LogP contribution < -0.4 is 10.6 Å². The Kier molecular flexibility index (Phi) is 4.49. The summed E-state index contributed by atoms with van der Waals surface area (Å²) < 4.78 is 5.66. The molecule has 0 radical (unpaired) electrons. The van der Waals surface area contributed by atoms with Crippen molar-refractivity contribution >= 4 is 5.95 Å². The van der Waals surface area contributed by atoms with Crippen LogP contribution in [-0.4, -0.2) is 35.8 Å². The van der Waals surface area contributed by atoms with E-state index in [1.807, 2.05) is 13.1 Å². The Balaban J connectivity index is 2.08. The molecule has 2 rings (SSSR count). The molecule has 1 atom stereocenters. The van der Waals surface area contributed by atoms with Gasteiger partial charge in [-0.25, -0.2) is 9.97 Å². The van der Waals surface area contributed by atoms with Gasteiger partial charge >= 0.3 is 0 Å². The van der Waals surface area contributed by atoms with Crippen LogP contribution in [0.15, 0.2) is 6.20 Å². The first-order valence-electron chi connectivity index (χ1n) is 6.63. The third kappa shape index (κ3) is 2.97. The first kappa shape index (κ1) is 13.2. The molecule has 0 aliphatic carbocycles. The molecule has 0 amide bonds. The smallest absolute Gasteiger partial charge is 0.225 e. The van der Waals surface area contributed by atoms with Crippen LogP contribution in [0.3, 0.4) is 0 Å². The molecule has 100 valence electrons. The molecule has 0 aromatic carbocycles. The standard InChI is InChI=1S/C13H22N4O/c1-3-17(9-12-5-4-6-18-12)13-15-8-11(7-14)10(2)16-13/h8,12H,3-7,9,14H2,1-2H3. The molecule has 1 aromatic rings. The number of anilines is 1. The zero-order chi connectivity index (χ0) is 13.0. The lowest BCUT2D eigenvalue weighted by molar-refractivity contribution is 0.115. The first-order valence-corrected chi connectivity index (χ1v) is 6.63. The average Bonchev–Trinajstić information content (AvgIpc) is 2.88. The van der Waals surface area contributed by atoms with Crippen LogP contribution in [0, 0.1) is 6.92 Å². The highest BCUT2D eigenvalue weighted by Crippen LogP contribution is 2.17. The number of likely N-dealkylation sites (N-methyl/N-ethyl adjacent to an activating group) is 1. The molecule has 18 heavy (non-hydrogen) atoms. The summed E-state index contributed by atoms with van der Waals surface area (Å²) in [6.45, 7) is 7.23. The van der Waals surface area contributed by atoms with Crippen LogP contribution in [0.25, 0.3) is 0 Å². The minimum absolute atomic E-state index is 0.322. The van der Waals surface area contributed by atoms with Crippen LogP contribution in [0.4, 0.5) is 5.95 Å². The Labute approximate surface area is 108 Å². The molecular weight excluding hydrogens is 228 g/mol. The number of aromatic nitrogens is 2. The number of rotatable bonds is 5. The quantitative estimate of drug-likeness (QED) is 0.852. The highest BCUT2D eigenvalue weighted by molar-refractivity contribution is 5.33. The molecule has 1 unspecified atom stereocenters. The van der Waals surface area contributed by atoms with Crippen molar-refractivity contribution < 1.29 is 4.74 Å². The second-order valence-electron chi connectivity index (χ2n) is 4.66. The van der Waals surface area contributed by atoms with Crippen LogP contribution in [0.5, 0.6) is 0 Å². The van der Waals surface area contributed by atoms with E-state index in [-0.39, 0.29) is 0 Å². The van der Waals surface area contributed by atoms with Gasteiger partial charge in [-0.1, -0.05) is 0 Å². The number of nitrogens with zero attached hydrogens (tertiary/aromatic N) is 3. The topological polar surface area (TPSA) is 64.3 Å². The van der Waals surface area contributed by atoms with Crippen LogP contribution in [0.1, 0.15) is 31.0 Å². The summed E-state index contributed by atoms with van der Waals surface area (Å²) in [5.74, 6) is 0.780. The van der Waals surface area contributed by atoms with E-state index in [2.05, 4.69) is 21.8 Å². The van der Waals surface area contributed by atoms with E-state index in [9.17, 15) is 0 Å². The lowest BCUT2D eigenvalue weighted by atomic mass is 10.2. The van der Waals surface area contributed by atoms with Gasteiger partial charge in [-0.15, -0.1) is 0 Å². The number of nitrogens with two attached hydrogens (primary N) is 1. The second-order valence-corrected chi connectivity index (χ2v) is 4.66. The molecule has 1 aliphatic rings. The fourth-order valence-electron chi connectivity index (χ4n) is 2.22. The fourth-order valence-corrected chi connectivity index (χ4v) is 2.22. The molecule has 5 heteroatoms. The molecule has 1 aliphatic heterocycles. The zero-order valence-electron chi connectivity index (χ0n) is 11.2. The van der Waals surface area contributed by atoms with Crippen molar-refractivity contribution in [3.05, 3.63) is 17.5 Å². The summed E-state index contributed by atoms with van der Waals surface area (Å²) in [4.78, 5) is 11.1. The lowest BCUT2D eigenvalue weighted by Crippen LogP contribution is -2.33. The van der Waals surface area contributed by atoms with Gasteiger partial charge in [0.1, 0.15) is 0 Å². The van der Waals surface area contributed by atoms with E-state index in [0.29, 0.717) is 12.6 Å². The summed E-state index contributed by atoms with van der Waals surface area (Å²) in [5, 5.41) is 0. The van der Waals surface area contributed by atoms with Gasteiger partial charge in [-0.2, -0.15) is 0 Å². The summed E-state index contributed by atoms with van der Waals surface area (Å²) >= 11 is 0. The van der Waals surface area contributed by atoms with Crippen molar-refractivity contribution in [1.82, 2.24) is 9.97 Å². The Bertz CT molecular complexity index is 391. The number of aryl methyl sites for hydroxylation is 1. The molecule has 1 fully saturated rings. The molecule has 0 bridgehead atoms. The molecule has 0 saturated carbocycles. The van der Waals surface area contributed by atoms with Gasteiger partial charge in [0.05, 0.1) is 6.10 Å². The van der Waals surface area contributed by atoms with E-state index in [1.54, 1.807) is 0 Å². The van der Waals surface area contributed by atoms with Crippen molar-refractivity contribution in [2.24, 2.45) is 5.73 Å². The average molecular weight is 250 g/mol. The minimum atomic E-state index is 0.322. The van der Waals surface area contributed by atoms with Crippen molar-refractivity contribution in [2.45, 2.75) is 39.3 Å². The first-order chi connectivity index (χ1) is 8.74. The maximum absolute atomic E-state index is 5.66. The number of ether oxygens (including phenoxy) is 1. The molecule has 2 heterocycles. The highest BCUT2D eigenvalue weighted by atomic mass is 16.5. The van der Waals surface area contributed by atoms with Gasteiger partial charge in [0.25, 0.3) is 0 Å². The number of hydrogen-bond donors (Lipinski definition) is 1. The van der Waals surface area contributed by atoms with Gasteiger partial charge in [-0.3, -0.25) is 0 Å². The number of hydrogen-bond acceptors (Lipinski definition) is 5. The molecule has 0 spiro atoms. The third-order valence-corrected chi connectivity index (χ3v) is 3.40. The summed E-state index contributed by atoms with van der Waals surface area (Å²) in [7, 11) is 0. The van der Waals surface area contributed by atoms with Crippen molar-refractivity contribution in [3.63, 3.8) is 0 Å². The molecule has 1 aromatic heterocycles. The minimum Gasteiger partial charge on any atom is -0.376 e. The monoisotopic (exact) mass is 250 g/mol. The molecule has 1 saturated heterocycles. The Morgan fingerprint density at radius 2 is 2.39 bits per heavy atom. The maximum atomic E-state index is 5.66. The van der Waals surface area contributed by atoms with Gasteiger partial charge in [0.2, 0.25) is 5.95 Å². The van der Waals surface area contributed by atoms with Crippen LogP contribution >= 0.6 is 0 Å². The summed E-state index contributed by atoms with van der Waals surface area (Å²) in [6, 6.07) is 0. The second kappa shape index (κ2) is 6.11. The van der Waals surface area contributed by atoms with E-state index in [1.165, 1.54) is 0 Å². The van der Waals surface area contributed by atoms with E-state index < -0.39 is 0 Å². The van der Waals surface area contributed by atoms with E-state index in [4.69, 9.17) is 10.5 Å². The zero-order valence-corrected chi connectivity index (χ0v) is 11.2. The largest absolute Gasteiger partial charge is 0.376 e.